The Kier molecular flexibility index (Phi) is 2.40. The second-order valence-corrected chi connectivity index (χ2v) is 3.05. The Balaban J connectivity index is 2.31. The highest BCUT2D eigenvalue weighted by molar-refractivity contribution is 5.24. The number of pyridine rings is 1. The Morgan fingerprint density at radius 1 is 1.33 bits per heavy atom. The molecule has 0 aliphatic carbocycles. The maximum absolute atomic E-state index is 12.2. The Hall–Kier alpha value is -1.85. The van der Waals surface area contributed by atoms with Gasteiger partial charge in [0, 0.05) is 11.8 Å². The molecule has 78 valence electrons. The Labute approximate surface area is 84.6 Å². The summed E-state index contributed by atoms with van der Waals surface area (Å²) in [6.07, 6.45) is 0.311. The number of hydrogen-bond donors (Lipinski definition) is 0. The highest BCUT2D eigenvalue weighted by atomic mass is 19.3. The van der Waals surface area contributed by atoms with Crippen LogP contribution in [0.25, 0.3) is 5.82 Å². The summed E-state index contributed by atoms with van der Waals surface area (Å²) >= 11 is 0. The second-order valence-electron chi connectivity index (χ2n) is 3.05. The van der Waals surface area contributed by atoms with Gasteiger partial charge in [-0.3, -0.25) is 0 Å². The molecule has 0 saturated carbocycles. The van der Waals surface area contributed by atoms with Crippen molar-refractivity contribution >= 4 is 0 Å². The molecule has 0 aliphatic rings. The fraction of sp³-hybridized carbons (Fsp3) is 0.222. The van der Waals surface area contributed by atoms with E-state index >= 15 is 0 Å². The zero-order chi connectivity index (χ0) is 10.8. The van der Waals surface area contributed by atoms with Crippen molar-refractivity contribution in [1.82, 2.24) is 20.0 Å². The smallest absolute Gasteiger partial charge is 0.237 e. The molecular weight excluding hydrogens is 202 g/mol. The van der Waals surface area contributed by atoms with E-state index in [0.29, 0.717) is 5.82 Å². The standard InChI is InChI=1S/C9H8F2N4/c1-6-5-15(14-13-6)8-3-2-7(4-12-8)9(10)11/h2-5,9H,1H3. The Bertz CT molecular complexity index is 449. The summed E-state index contributed by atoms with van der Waals surface area (Å²) in [5.41, 5.74) is 0.644. The van der Waals surface area contributed by atoms with E-state index in [4.69, 9.17) is 0 Å². The summed E-state index contributed by atoms with van der Waals surface area (Å²) in [6, 6.07) is 2.81. The van der Waals surface area contributed by atoms with E-state index in [0.717, 1.165) is 11.9 Å². The van der Waals surface area contributed by atoms with Gasteiger partial charge < -0.3 is 0 Å². The van der Waals surface area contributed by atoms with Gasteiger partial charge in [-0.1, -0.05) is 5.21 Å². The minimum atomic E-state index is -2.50. The van der Waals surface area contributed by atoms with Crippen LogP contribution in [0.4, 0.5) is 8.78 Å². The average Bonchev–Trinajstić information content (AvgIpc) is 2.65. The van der Waals surface area contributed by atoms with Crippen LogP contribution in [0.15, 0.2) is 24.5 Å². The highest BCUT2D eigenvalue weighted by Crippen LogP contribution is 2.17. The SMILES string of the molecule is Cc1cn(-c2ccc(C(F)F)cn2)nn1. The molecule has 0 bridgehead atoms. The van der Waals surface area contributed by atoms with Crippen LogP contribution in [0.3, 0.4) is 0 Å². The minimum absolute atomic E-state index is 0.101. The molecular formula is C9H8F2N4. The van der Waals surface area contributed by atoms with E-state index in [9.17, 15) is 8.78 Å². The van der Waals surface area contributed by atoms with Crippen LogP contribution in [0.5, 0.6) is 0 Å². The predicted molar refractivity (Wildman–Crippen MR) is 48.8 cm³/mol. The third kappa shape index (κ3) is 1.98. The fourth-order valence-corrected chi connectivity index (χ4v) is 1.12. The van der Waals surface area contributed by atoms with Gasteiger partial charge >= 0.3 is 0 Å². The predicted octanol–water partition coefficient (Wildman–Crippen LogP) is 1.91. The van der Waals surface area contributed by atoms with Crippen molar-refractivity contribution in [2.75, 3.05) is 0 Å². The van der Waals surface area contributed by atoms with Gasteiger partial charge in [0.2, 0.25) is 0 Å². The molecule has 2 aromatic heterocycles. The molecule has 0 aliphatic heterocycles. The van der Waals surface area contributed by atoms with Crippen LogP contribution in [0, 0.1) is 6.92 Å². The minimum Gasteiger partial charge on any atom is -0.237 e. The zero-order valence-corrected chi connectivity index (χ0v) is 7.93. The van der Waals surface area contributed by atoms with Crippen molar-refractivity contribution in [2.24, 2.45) is 0 Å². The van der Waals surface area contributed by atoms with Gasteiger partial charge in [0.15, 0.2) is 5.82 Å². The van der Waals surface area contributed by atoms with Crippen molar-refractivity contribution in [1.29, 1.82) is 0 Å². The first kappa shape index (κ1) is 9.70. The lowest BCUT2D eigenvalue weighted by Crippen LogP contribution is -1.98. The van der Waals surface area contributed by atoms with Crippen molar-refractivity contribution in [3.63, 3.8) is 0 Å². The molecule has 0 N–H and O–H groups in total. The van der Waals surface area contributed by atoms with E-state index in [1.165, 1.54) is 16.8 Å². The first-order valence-corrected chi connectivity index (χ1v) is 4.30. The summed E-state index contributed by atoms with van der Waals surface area (Å²) < 4.78 is 25.9. The second kappa shape index (κ2) is 3.72. The molecule has 0 amide bonds. The van der Waals surface area contributed by atoms with Crippen molar-refractivity contribution < 1.29 is 8.78 Å². The number of alkyl halides is 2. The van der Waals surface area contributed by atoms with Crippen molar-refractivity contribution in [2.45, 2.75) is 13.3 Å². The molecule has 0 radical (unpaired) electrons. The molecule has 0 fully saturated rings. The summed E-state index contributed by atoms with van der Waals surface area (Å²) in [7, 11) is 0. The summed E-state index contributed by atoms with van der Waals surface area (Å²) in [5, 5.41) is 7.55. The first-order chi connectivity index (χ1) is 7.16. The number of hydrogen-bond acceptors (Lipinski definition) is 3. The topological polar surface area (TPSA) is 43.6 Å². The molecule has 2 heterocycles. The van der Waals surface area contributed by atoms with Crippen molar-refractivity contribution in [3.8, 4) is 5.82 Å². The number of nitrogens with zero attached hydrogens (tertiary/aromatic N) is 4. The average molecular weight is 210 g/mol. The fourth-order valence-electron chi connectivity index (χ4n) is 1.12. The maximum atomic E-state index is 12.2. The molecule has 2 aromatic rings. The van der Waals surface area contributed by atoms with Gasteiger partial charge in [0.05, 0.1) is 11.9 Å². The molecule has 0 atom stereocenters. The molecule has 0 saturated heterocycles. The molecule has 4 nitrogen and oxygen atoms in total. The van der Waals surface area contributed by atoms with Crippen molar-refractivity contribution in [3.05, 3.63) is 35.8 Å². The van der Waals surface area contributed by atoms with E-state index in [-0.39, 0.29) is 5.56 Å². The van der Waals surface area contributed by atoms with Gasteiger partial charge in [-0.25, -0.2) is 18.4 Å². The quantitative estimate of drug-likeness (QED) is 0.760. The highest BCUT2D eigenvalue weighted by Gasteiger charge is 2.07. The Morgan fingerprint density at radius 2 is 2.13 bits per heavy atom. The van der Waals surface area contributed by atoms with Crippen LogP contribution < -0.4 is 0 Å². The largest absolute Gasteiger partial charge is 0.265 e. The third-order valence-electron chi connectivity index (χ3n) is 1.87. The summed E-state index contributed by atoms with van der Waals surface area (Å²) in [5.74, 6) is 0.472. The maximum Gasteiger partial charge on any atom is 0.265 e. The molecule has 0 unspecified atom stereocenters. The van der Waals surface area contributed by atoms with Crippen LogP contribution >= 0.6 is 0 Å². The van der Waals surface area contributed by atoms with Crippen LogP contribution in [-0.2, 0) is 0 Å². The molecule has 0 aromatic carbocycles. The van der Waals surface area contributed by atoms with Gasteiger partial charge in [-0.2, -0.15) is 0 Å². The molecule has 2 rings (SSSR count). The van der Waals surface area contributed by atoms with Crippen LogP contribution in [-0.4, -0.2) is 20.0 Å². The zero-order valence-electron chi connectivity index (χ0n) is 7.93. The van der Waals surface area contributed by atoms with Gasteiger partial charge in [-0.15, -0.1) is 5.10 Å². The lowest BCUT2D eigenvalue weighted by Gasteiger charge is -2.01. The molecule has 6 heteroatoms. The number of rotatable bonds is 2. The lowest BCUT2D eigenvalue weighted by atomic mass is 10.3. The molecule has 0 spiro atoms. The third-order valence-corrected chi connectivity index (χ3v) is 1.87. The van der Waals surface area contributed by atoms with E-state index in [1.807, 2.05) is 0 Å². The Morgan fingerprint density at radius 3 is 2.60 bits per heavy atom. The molecule has 15 heavy (non-hydrogen) atoms. The summed E-state index contributed by atoms with van der Waals surface area (Å²) in [6.45, 7) is 1.79. The normalized spacial score (nSPS) is 10.9. The number of halogens is 2. The van der Waals surface area contributed by atoms with Gasteiger partial charge in [-0.05, 0) is 19.1 Å². The lowest BCUT2D eigenvalue weighted by molar-refractivity contribution is 0.151. The number of aryl methyl sites for hydroxylation is 1. The first-order valence-electron chi connectivity index (χ1n) is 4.30. The van der Waals surface area contributed by atoms with Gasteiger partial charge in [0.1, 0.15) is 0 Å². The van der Waals surface area contributed by atoms with Crippen LogP contribution in [0.1, 0.15) is 17.7 Å². The van der Waals surface area contributed by atoms with Crippen LogP contribution in [0.2, 0.25) is 0 Å². The van der Waals surface area contributed by atoms with E-state index in [1.54, 1.807) is 13.1 Å². The van der Waals surface area contributed by atoms with E-state index in [2.05, 4.69) is 15.3 Å². The number of aromatic nitrogens is 4. The summed E-state index contributed by atoms with van der Waals surface area (Å²) in [4.78, 5) is 3.86. The monoisotopic (exact) mass is 210 g/mol. The van der Waals surface area contributed by atoms with Gasteiger partial charge in [0.25, 0.3) is 6.43 Å². The van der Waals surface area contributed by atoms with E-state index < -0.39 is 6.43 Å².